The van der Waals surface area contributed by atoms with Crippen LogP contribution >= 0.6 is 11.8 Å². The van der Waals surface area contributed by atoms with Gasteiger partial charge in [0.05, 0.1) is 11.6 Å². The Labute approximate surface area is 257 Å². The maximum absolute atomic E-state index is 14.1. The van der Waals surface area contributed by atoms with Crippen molar-refractivity contribution >= 4 is 34.4 Å². The molecular weight excluding hydrogens is 563 g/mol. The van der Waals surface area contributed by atoms with E-state index in [1.54, 1.807) is 11.8 Å². The maximum Gasteiger partial charge on any atom is 0.350 e. The summed E-state index contributed by atoms with van der Waals surface area (Å²) in [4.78, 5) is 41.5. The first-order valence-electron chi connectivity index (χ1n) is 15.3. The van der Waals surface area contributed by atoms with Gasteiger partial charge in [0.1, 0.15) is 11.6 Å². The van der Waals surface area contributed by atoms with E-state index >= 15 is 0 Å². The third kappa shape index (κ3) is 5.49. The summed E-state index contributed by atoms with van der Waals surface area (Å²) in [5, 5.41) is 0.953. The first-order chi connectivity index (χ1) is 20.7. The molecule has 8 nitrogen and oxygen atoms in total. The highest BCUT2D eigenvalue weighted by atomic mass is 32.2. The number of amides is 1. The highest BCUT2D eigenvalue weighted by Gasteiger charge is 2.36. The number of benzene rings is 2. The van der Waals surface area contributed by atoms with Crippen molar-refractivity contribution < 1.29 is 9.18 Å². The minimum absolute atomic E-state index is 0.00842. The van der Waals surface area contributed by atoms with Crippen LogP contribution in [0.4, 0.5) is 10.2 Å². The summed E-state index contributed by atoms with van der Waals surface area (Å²) in [5.41, 5.74) is 3.72. The van der Waals surface area contributed by atoms with Gasteiger partial charge in [0.25, 0.3) is 0 Å². The third-order valence-corrected chi connectivity index (χ3v) is 10.5. The average molecular weight is 605 g/mol. The maximum atomic E-state index is 14.1. The van der Waals surface area contributed by atoms with E-state index in [1.165, 1.54) is 18.2 Å². The Hall–Kier alpha value is -3.21. The van der Waals surface area contributed by atoms with Crippen molar-refractivity contribution in [3.05, 3.63) is 64.9 Å². The fourth-order valence-corrected chi connectivity index (χ4v) is 8.57. The molecule has 3 aliphatic heterocycles. The van der Waals surface area contributed by atoms with E-state index in [0.717, 1.165) is 77.5 Å². The van der Waals surface area contributed by atoms with Crippen molar-refractivity contribution in [2.24, 2.45) is 0 Å². The van der Waals surface area contributed by atoms with E-state index in [2.05, 4.69) is 41.2 Å². The molecule has 0 aliphatic carbocycles. The van der Waals surface area contributed by atoms with Crippen LogP contribution in [0.5, 0.6) is 0 Å². The molecule has 2 aromatic carbocycles. The van der Waals surface area contributed by atoms with Crippen LogP contribution in [0.15, 0.2) is 52.7 Å². The number of carbonyl (C=O) groups is 1. The number of aryl methyl sites for hydroxylation is 1. The fraction of sp³-hybridized carbons (Fsp3) is 0.485. The molecule has 0 bridgehead atoms. The van der Waals surface area contributed by atoms with Gasteiger partial charge < -0.3 is 14.7 Å². The van der Waals surface area contributed by atoms with Crippen molar-refractivity contribution in [3.8, 4) is 11.1 Å². The summed E-state index contributed by atoms with van der Waals surface area (Å²) < 4.78 is 15.8. The van der Waals surface area contributed by atoms with E-state index in [1.807, 2.05) is 35.4 Å². The van der Waals surface area contributed by atoms with Crippen molar-refractivity contribution in [1.29, 1.82) is 0 Å². The van der Waals surface area contributed by atoms with E-state index in [-0.39, 0.29) is 35.5 Å². The summed E-state index contributed by atoms with van der Waals surface area (Å²) in [7, 11) is 0. The zero-order valence-electron chi connectivity index (χ0n) is 25.6. The van der Waals surface area contributed by atoms with Gasteiger partial charge in [-0.25, -0.2) is 9.18 Å². The van der Waals surface area contributed by atoms with Crippen LogP contribution in [0.1, 0.15) is 32.4 Å². The molecule has 6 rings (SSSR count). The predicted molar refractivity (Wildman–Crippen MR) is 173 cm³/mol. The summed E-state index contributed by atoms with van der Waals surface area (Å²) in [6.07, 6.45) is 1.37. The monoisotopic (exact) mass is 604 g/mol. The SMILES string of the molecule is C=CC(=O)N1[C@H](C)CN(c2nc(=O)n3c4c(c(-c5ccc(F)cc5)c(C)cc24)SC[C@@H]3CN2CCN(CC)CC2)C[C@@H]1C. The van der Waals surface area contributed by atoms with E-state index < -0.39 is 0 Å². The van der Waals surface area contributed by atoms with Crippen LogP contribution in [0.25, 0.3) is 22.0 Å². The number of halogens is 1. The number of rotatable bonds is 6. The number of thioether (sulfide) groups is 1. The van der Waals surface area contributed by atoms with Gasteiger partial charge in [0, 0.05) is 79.5 Å². The molecule has 3 atom stereocenters. The number of hydrogen-bond acceptors (Lipinski definition) is 7. The summed E-state index contributed by atoms with van der Waals surface area (Å²) in [5.74, 6) is 1.09. The van der Waals surface area contributed by atoms with Crippen LogP contribution in [-0.4, -0.2) is 100 Å². The fourth-order valence-electron chi connectivity index (χ4n) is 7.19. The number of carbonyl (C=O) groups excluding carboxylic acids is 1. The second-order valence-corrected chi connectivity index (χ2v) is 13.2. The zero-order valence-corrected chi connectivity index (χ0v) is 26.4. The molecule has 4 heterocycles. The molecule has 43 heavy (non-hydrogen) atoms. The van der Waals surface area contributed by atoms with Crippen molar-refractivity contribution in [1.82, 2.24) is 24.3 Å². The third-order valence-electron chi connectivity index (χ3n) is 9.29. The molecule has 2 fully saturated rings. The standard InChI is InChI=1S/C33H41FN6O2S/c1-6-28(41)39-22(4)17-38(18-23(39)5)32-27-16-21(3)29(24-8-10-25(34)11-9-24)31-30(27)40(33(42)35-32)26(20-43-31)19-37-14-12-36(7-2)13-15-37/h6,8-11,16,22-23,26H,1,7,12-15,17-20H2,2-5H3/t22-,23+,26-/m0/s1. The minimum atomic E-state index is -0.271. The Balaban J connectivity index is 1.48. The van der Waals surface area contributed by atoms with Gasteiger partial charge in [-0.05, 0) is 62.7 Å². The van der Waals surface area contributed by atoms with Crippen LogP contribution in [0.2, 0.25) is 0 Å². The molecule has 0 radical (unpaired) electrons. The van der Waals surface area contributed by atoms with E-state index in [9.17, 15) is 14.0 Å². The lowest BCUT2D eigenvalue weighted by atomic mass is 9.97. The van der Waals surface area contributed by atoms with Gasteiger partial charge in [-0.15, -0.1) is 11.8 Å². The van der Waals surface area contributed by atoms with Gasteiger partial charge in [-0.2, -0.15) is 4.98 Å². The van der Waals surface area contributed by atoms with Crippen LogP contribution in [0.3, 0.4) is 0 Å². The zero-order chi connectivity index (χ0) is 30.4. The normalized spacial score (nSPS) is 23.1. The molecule has 0 unspecified atom stereocenters. The Bertz CT molecular complexity index is 1590. The lowest BCUT2D eigenvalue weighted by Gasteiger charge is -2.45. The van der Waals surface area contributed by atoms with Gasteiger partial charge in [-0.3, -0.25) is 14.3 Å². The number of hydrogen-bond donors (Lipinski definition) is 0. The number of piperazine rings is 2. The molecular formula is C33H41FN6O2S. The first kappa shape index (κ1) is 29.8. The number of aromatic nitrogens is 2. The molecule has 228 valence electrons. The lowest BCUT2D eigenvalue weighted by Crippen LogP contribution is -2.58. The largest absolute Gasteiger partial charge is 0.352 e. The molecule has 0 saturated carbocycles. The molecule has 10 heteroatoms. The van der Waals surface area contributed by atoms with Gasteiger partial charge >= 0.3 is 5.69 Å². The average Bonchev–Trinajstić information content (AvgIpc) is 2.99. The first-order valence-corrected chi connectivity index (χ1v) is 16.3. The van der Waals surface area contributed by atoms with Gasteiger partial charge in [0.15, 0.2) is 0 Å². The molecule has 3 aliphatic rings. The van der Waals surface area contributed by atoms with Crippen molar-refractivity contribution in [2.75, 3.05) is 63.0 Å². The molecule has 2 saturated heterocycles. The van der Waals surface area contributed by atoms with Crippen molar-refractivity contribution in [2.45, 2.75) is 50.7 Å². The minimum Gasteiger partial charge on any atom is -0.352 e. The quantitative estimate of drug-likeness (QED) is 0.387. The molecule has 1 aromatic heterocycles. The summed E-state index contributed by atoms with van der Waals surface area (Å²) in [6.45, 7) is 19.1. The number of nitrogens with zero attached hydrogens (tertiary/aromatic N) is 6. The summed E-state index contributed by atoms with van der Waals surface area (Å²) in [6, 6.07) is 8.65. The molecule has 0 N–H and O–H groups in total. The van der Waals surface area contributed by atoms with Gasteiger partial charge in [-0.1, -0.05) is 25.6 Å². The summed E-state index contributed by atoms with van der Waals surface area (Å²) >= 11 is 1.79. The molecule has 3 aromatic rings. The predicted octanol–water partition coefficient (Wildman–Crippen LogP) is 4.41. The second-order valence-electron chi connectivity index (χ2n) is 12.1. The Kier molecular flexibility index (Phi) is 8.37. The van der Waals surface area contributed by atoms with Crippen molar-refractivity contribution in [3.63, 3.8) is 0 Å². The van der Waals surface area contributed by atoms with Crippen LogP contribution in [0, 0.1) is 12.7 Å². The lowest BCUT2D eigenvalue weighted by molar-refractivity contribution is -0.130. The molecule has 0 spiro atoms. The van der Waals surface area contributed by atoms with Crippen LogP contribution in [-0.2, 0) is 4.79 Å². The topological polar surface area (TPSA) is 64.9 Å². The van der Waals surface area contributed by atoms with Gasteiger partial charge in [0.2, 0.25) is 5.91 Å². The van der Waals surface area contributed by atoms with E-state index in [0.29, 0.717) is 18.9 Å². The molecule has 1 amide bonds. The van der Waals surface area contributed by atoms with Crippen LogP contribution < -0.4 is 10.6 Å². The van der Waals surface area contributed by atoms with E-state index in [4.69, 9.17) is 4.98 Å². The Morgan fingerprint density at radius 3 is 2.37 bits per heavy atom. The highest BCUT2D eigenvalue weighted by molar-refractivity contribution is 7.99. The second kappa shape index (κ2) is 12.1. The Morgan fingerprint density at radius 1 is 1.09 bits per heavy atom. The Morgan fingerprint density at radius 2 is 1.74 bits per heavy atom. The number of anilines is 1. The smallest absolute Gasteiger partial charge is 0.350 e. The highest BCUT2D eigenvalue weighted by Crippen LogP contribution is 2.46. The number of likely N-dealkylation sites (N-methyl/N-ethyl adjacent to an activating group) is 1.